The van der Waals surface area contributed by atoms with Crippen molar-refractivity contribution in [1.29, 1.82) is 0 Å². The van der Waals surface area contributed by atoms with Crippen LogP contribution in [0.25, 0.3) is 0 Å². The molecule has 0 heterocycles. The molecule has 8 N–H and O–H groups in total. The molecule has 0 aromatic heterocycles. The Balaban J connectivity index is 5.09. The van der Waals surface area contributed by atoms with Gasteiger partial charge in [-0.3, -0.25) is 19.2 Å². The topological polar surface area (TPSA) is 208 Å². The Morgan fingerprint density at radius 3 is 1.86 bits per heavy atom. The molecule has 28 heavy (non-hydrogen) atoms. The third kappa shape index (κ3) is 9.01. The first kappa shape index (κ1) is 25.6. The number of thiol groups is 1. The van der Waals surface area contributed by atoms with E-state index in [0.717, 1.165) is 0 Å². The van der Waals surface area contributed by atoms with Crippen molar-refractivity contribution in [3.63, 3.8) is 0 Å². The van der Waals surface area contributed by atoms with E-state index in [1.807, 2.05) is 0 Å². The summed E-state index contributed by atoms with van der Waals surface area (Å²) < 4.78 is 0. The quantitative estimate of drug-likeness (QED) is 0.151. The number of aliphatic hydroxyl groups excluding tert-OH is 1. The number of carboxylic acid groups (broad SMARTS) is 2. The van der Waals surface area contributed by atoms with E-state index in [0.29, 0.717) is 0 Å². The first-order valence-electron chi connectivity index (χ1n) is 8.30. The maximum absolute atomic E-state index is 12.3. The Morgan fingerprint density at radius 2 is 1.46 bits per heavy atom. The van der Waals surface area contributed by atoms with Gasteiger partial charge < -0.3 is 37.0 Å². The third-order valence-corrected chi connectivity index (χ3v) is 3.92. The van der Waals surface area contributed by atoms with Gasteiger partial charge in [-0.25, -0.2) is 4.79 Å². The zero-order valence-corrected chi connectivity index (χ0v) is 16.3. The molecule has 13 heteroatoms. The summed E-state index contributed by atoms with van der Waals surface area (Å²) in [5.41, 5.74) is 5.39. The molecule has 3 amide bonds. The summed E-state index contributed by atoms with van der Waals surface area (Å²) in [5.74, 6) is -5.42. The van der Waals surface area contributed by atoms with E-state index in [9.17, 15) is 29.1 Å². The second-order valence-corrected chi connectivity index (χ2v) is 6.46. The van der Waals surface area contributed by atoms with E-state index in [2.05, 4.69) is 28.6 Å². The van der Waals surface area contributed by atoms with Crippen LogP contribution in [-0.2, 0) is 24.0 Å². The Kier molecular flexibility index (Phi) is 11.1. The standard InChI is InChI=1S/C15H26N4O8S/c1-6(16)12(23)19-11(7(2)20)14(25)18-9(5-28)13(24)17-8(15(26)27)3-4-10(21)22/h6-9,11,20,28H,3-5,16H2,1-2H3,(H,17,24)(H,18,25)(H,19,23)(H,21,22)(H,26,27). The third-order valence-electron chi connectivity index (χ3n) is 3.55. The van der Waals surface area contributed by atoms with Gasteiger partial charge in [-0.05, 0) is 20.3 Å². The number of hydrogen-bond donors (Lipinski definition) is 8. The van der Waals surface area contributed by atoms with Gasteiger partial charge in [0.2, 0.25) is 17.7 Å². The highest BCUT2D eigenvalue weighted by Crippen LogP contribution is 2.01. The zero-order chi connectivity index (χ0) is 22.0. The summed E-state index contributed by atoms with van der Waals surface area (Å²) in [7, 11) is 0. The first-order valence-corrected chi connectivity index (χ1v) is 8.94. The molecule has 0 aliphatic rings. The fourth-order valence-electron chi connectivity index (χ4n) is 1.94. The van der Waals surface area contributed by atoms with Crippen molar-refractivity contribution in [2.75, 3.05) is 5.75 Å². The number of aliphatic hydroxyl groups is 1. The van der Waals surface area contributed by atoms with Crippen LogP contribution in [0.1, 0.15) is 26.7 Å². The average Bonchev–Trinajstić information content (AvgIpc) is 2.59. The SMILES string of the molecule is CC(N)C(=O)NC(C(=O)NC(CS)C(=O)NC(CCC(=O)O)C(=O)O)C(C)O. The fourth-order valence-corrected chi connectivity index (χ4v) is 2.20. The predicted octanol–water partition coefficient (Wildman–Crippen LogP) is -2.95. The van der Waals surface area contributed by atoms with Crippen LogP contribution in [0.4, 0.5) is 0 Å². The molecule has 12 nitrogen and oxygen atoms in total. The summed E-state index contributed by atoms with van der Waals surface area (Å²) in [5, 5.41) is 34.0. The van der Waals surface area contributed by atoms with Gasteiger partial charge in [0.05, 0.1) is 12.1 Å². The first-order chi connectivity index (χ1) is 12.9. The second kappa shape index (κ2) is 12.2. The molecule has 5 unspecified atom stereocenters. The predicted molar refractivity (Wildman–Crippen MR) is 99.5 cm³/mol. The summed E-state index contributed by atoms with van der Waals surface area (Å²) in [6, 6.07) is -5.12. The highest BCUT2D eigenvalue weighted by atomic mass is 32.1. The van der Waals surface area contributed by atoms with Crippen molar-refractivity contribution in [3.05, 3.63) is 0 Å². The van der Waals surface area contributed by atoms with Gasteiger partial charge in [0, 0.05) is 12.2 Å². The van der Waals surface area contributed by atoms with Crippen molar-refractivity contribution in [1.82, 2.24) is 16.0 Å². The van der Waals surface area contributed by atoms with E-state index >= 15 is 0 Å². The molecule has 0 saturated carbocycles. The van der Waals surface area contributed by atoms with Crippen LogP contribution in [-0.4, -0.2) is 81.0 Å². The van der Waals surface area contributed by atoms with Gasteiger partial charge in [-0.1, -0.05) is 0 Å². The molecule has 0 aromatic rings. The number of rotatable bonds is 12. The molecule has 0 aliphatic carbocycles. The van der Waals surface area contributed by atoms with Crippen molar-refractivity contribution in [3.8, 4) is 0 Å². The Bertz CT molecular complexity index is 599. The lowest BCUT2D eigenvalue weighted by Crippen LogP contribution is -2.60. The van der Waals surface area contributed by atoms with Gasteiger partial charge in [0.1, 0.15) is 18.1 Å². The molecule has 0 aliphatic heterocycles. The van der Waals surface area contributed by atoms with Crippen LogP contribution in [0, 0.1) is 0 Å². The van der Waals surface area contributed by atoms with Crippen molar-refractivity contribution >= 4 is 42.3 Å². The molecule has 0 aromatic carbocycles. The van der Waals surface area contributed by atoms with Gasteiger partial charge in [-0.2, -0.15) is 12.6 Å². The van der Waals surface area contributed by atoms with Crippen LogP contribution >= 0.6 is 12.6 Å². The van der Waals surface area contributed by atoms with E-state index in [1.54, 1.807) is 0 Å². The lowest BCUT2D eigenvalue weighted by atomic mass is 10.1. The van der Waals surface area contributed by atoms with Crippen LogP contribution in [0.15, 0.2) is 0 Å². The monoisotopic (exact) mass is 422 g/mol. The van der Waals surface area contributed by atoms with Gasteiger partial charge in [0.25, 0.3) is 0 Å². The highest BCUT2D eigenvalue weighted by Gasteiger charge is 2.31. The number of hydrogen-bond acceptors (Lipinski definition) is 8. The Hall–Kier alpha value is -2.38. The minimum atomic E-state index is -1.48. The van der Waals surface area contributed by atoms with Gasteiger partial charge in [-0.15, -0.1) is 0 Å². The zero-order valence-electron chi connectivity index (χ0n) is 15.4. The number of aliphatic carboxylic acids is 2. The number of carboxylic acids is 2. The lowest BCUT2D eigenvalue weighted by molar-refractivity contribution is -0.143. The highest BCUT2D eigenvalue weighted by molar-refractivity contribution is 7.80. The van der Waals surface area contributed by atoms with E-state index in [-0.39, 0.29) is 12.2 Å². The molecule has 0 saturated heterocycles. The maximum Gasteiger partial charge on any atom is 0.326 e. The molecule has 160 valence electrons. The Morgan fingerprint density at radius 1 is 0.929 bits per heavy atom. The number of amides is 3. The molecule has 0 bridgehead atoms. The fraction of sp³-hybridized carbons (Fsp3) is 0.667. The van der Waals surface area contributed by atoms with Crippen molar-refractivity contribution in [2.24, 2.45) is 5.73 Å². The number of nitrogens with two attached hydrogens (primary N) is 1. The van der Waals surface area contributed by atoms with Crippen LogP contribution < -0.4 is 21.7 Å². The van der Waals surface area contributed by atoms with Gasteiger partial charge >= 0.3 is 11.9 Å². The molecule has 0 radical (unpaired) electrons. The van der Waals surface area contributed by atoms with E-state index < -0.39 is 66.4 Å². The molecular formula is C15H26N4O8S. The summed E-state index contributed by atoms with van der Waals surface area (Å²) in [6.45, 7) is 2.62. The van der Waals surface area contributed by atoms with Gasteiger partial charge in [0.15, 0.2) is 0 Å². The molecule has 0 rings (SSSR count). The number of carbonyl (C=O) groups excluding carboxylic acids is 3. The molecule has 0 fully saturated rings. The smallest absolute Gasteiger partial charge is 0.326 e. The molecule has 0 spiro atoms. The van der Waals surface area contributed by atoms with Crippen LogP contribution in [0.3, 0.4) is 0 Å². The second-order valence-electron chi connectivity index (χ2n) is 6.09. The largest absolute Gasteiger partial charge is 0.481 e. The summed E-state index contributed by atoms with van der Waals surface area (Å²) >= 11 is 3.92. The van der Waals surface area contributed by atoms with Crippen molar-refractivity contribution < 1.29 is 39.3 Å². The van der Waals surface area contributed by atoms with E-state index in [1.165, 1.54) is 13.8 Å². The molecular weight excluding hydrogens is 396 g/mol. The normalized spacial score (nSPS) is 16.0. The van der Waals surface area contributed by atoms with E-state index in [4.69, 9.17) is 15.9 Å². The summed E-state index contributed by atoms with van der Waals surface area (Å²) in [4.78, 5) is 58.0. The maximum atomic E-state index is 12.3. The van der Waals surface area contributed by atoms with Crippen molar-refractivity contribution in [2.45, 2.75) is 57.0 Å². The minimum Gasteiger partial charge on any atom is -0.481 e. The number of nitrogens with one attached hydrogen (secondary N) is 3. The molecule has 5 atom stereocenters. The minimum absolute atomic E-state index is 0.226. The average molecular weight is 422 g/mol. The summed E-state index contributed by atoms with van der Waals surface area (Å²) in [6.07, 6.45) is -2.15. The van der Waals surface area contributed by atoms with Crippen LogP contribution in [0.2, 0.25) is 0 Å². The van der Waals surface area contributed by atoms with Crippen LogP contribution in [0.5, 0.6) is 0 Å². The Labute approximate surface area is 166 Å². The number of carbonyl (C=O) groups is 5. The lowest BCUT2D eigenvalue weighted by Gasteiger charge is -2.25.